The molecule has 0 radical (unpaired) electrons. The summed E-state index contributed by atoms with van der Waals surface area (Å²) in [7, 11) is 1.62. The van der Waals surface area contributed by atoms with E-state index < -0.39 is 0 Å². The predicted octanol–water partition coefficient (Wildman–Crippen LogP) is 6.35. The minimum absolute atomic E-state index is 0.00288. The molecule has 2 amide bonds. The Balaban J connectivity index is 1.75. The summed E-state index contributed by atoms with van der Waals surface area (Å²) in [6, 6.07) is 17.1. The second-order valence-corrected chi connectivity index (χ2v) is 11.6. The van der Waals surface area contributed by atoms with Gasteiger partial charge in [0.1, 0.15) is 18.1 Å². The number of nitrogens with zero attached hydrogens (tertiary/aromatic N) is 3. The van der Waals surface area contributed by atoms with Crippen LogP contribution in [0.4, 0.5) is 5.82 Å². The summed E-state index contributed by atoms with van der Waals surface area (Å²) >= 11 is 9.39. The number of carbonyl (C=O) groups is 2. The first-order valence-corrected chi connectivity index (χ1v) is 15.0. The third-order valence-electron chi connectivity index (χ3n) is 6.69. The third kappa shape index (κ3) is 5.71. The van der Waals surface area contributed by atoms with Crippen LogP contribution in [-0.4, -0.2) is 47.0 Å². The molecule has 5 rings (SSSR count). The smallest absolute Gasteiger partial charge is 0.240 e. The van der Waals surface area contributed by atoms with Gasteiger partial charge in [-0.1, -0.05) is 30.7 Å². The van der Waals surface area contributed by atoms with E-state index in [4.69, 9.17) is 21.4 Å². The number of hydrogen-bond acceptors (Lipinski definition) is 6. The Hall–Kier alpha value is -3.27. The van der Waals surface area contributed by atoms with E-state index in [9.17, 15) is 9.59 Å². The highest BCUT2D eigenvalue weighted by Gasteiger charge is 2.38. The van der Waals surface area contributed by atoms with Gasteiger partial charge in [0.15, 0.2) is 0 Å². The van der Waals surface area contributed by atoms with E-state index in [2.05, 4.69) is 16.8 Å². The molecule has 3 heterocycles. The van der Waals surface area contributed by atoms with Gasteiger partial charge in [0, 0.05) is 22.2 Å². The van der Waals surface area contributed by atoms with E-state index in [1.54, 1.807) is 39.8 Å². The number of hydrogen-bond donors (Lipinski definition) is 1. The Kier molecular flexibility index (Phi) is 8.30. The summed E-state index contributed by atoms with van der Waals surface area (Å²) in [5.41, 5.74) is 4.35. The van der Waals surface area contributed by atoms with Gasteiger partial charge in [-0.05, 0) is 72.1 Å². The van der Waals surface area contributed by atoms with Crippen LogP contribution in [0.1, 0.15) is 36.6 Å². The Labute approximate surface area is 241 Å². The fourth-order valence-electron chi connectivity index (χ4n) is 4.50. The molecule has 1 N–H and O–H groups in total. The Morgan fingerprint density at radius 1 is 1.18 bits per heavy atom. The summed E-state index contributed by atoms with van der Waals surface area (Å²) < 4.78 is 7.14. The Bertz CT molecular complexity index is 1450. The van der Waals surface area contributed by atoms with Crippen LogP contribution in [0.15, 0.2) is 65.4 Å². The molecule has 0 saturated heterocycles. The average molecular weight is 581 g/mol. The van der Waals surface area contributed by atoms with E-state index in [1.165, 1.54) is 0 Å². The van der Waals surface area contributed by atoms with Crippen molar-refractivity contribution in [2.75, 3.05) is 24.3 Å². The lowest BCUT2D eigenvalue weighted by Crippen LogP contribution is -2.44. The number of methoxy groups -OCH3 is 1. The van der Waals surface area contributed by atoms with Crippen LogP contribution in [0.25, 0.3) is 16.9 Å². The number of fused-ring (bicyclic) bond motifs is 1. The van der Waals surface area contributed by atoms with E-state index in [-0.39, 0.29) is 35.4 Å². The standard InChI is InChI=1S/C29H29ClN4O3S2/c1-4-18(2)31-24(35)15-33-25(36)17-39-28(20-13-14-38-16-20)26-27(19-5-7-21(30)8-6-19)32-34(29(26)33)22-9-11-23(37-3)12-10-22/h5-14,16,18,28H,4,15,17H2,1-3H3,(H,31,35). The molecule has 2 aromatic carbocycles. The maximum absolute atomic E-state index is 13.7. The highest BCUT2D eigenvalue weighted by Crippen LogP contribution is 2.49. The summed E-state index contributed by atoms with van der Waals surface area (Å²) in [5.74, 6) is 1.18. The lowest BCUT2D eigenvalue weighted by molar-refractivity contribution is -0.123. The maximum Gasteiger partial charge on any atom is 0.240 e. The number of carbonyl (C=O) groups excluding carboxylic acids is 2. The molecule has 0 spiro atoms. The predicted molar refractivity (Wildman–Crippen MR) is 159 cm³/mol. The van der Waals surface area contributed by atoms with Gasteiger partial charge < -0.3 is 10.1 Å². The normalized spacial score (nSPS) is 15.9. The first kappa shape index (κ1) is 27.3. The number of rotatable bonds is 8. The number of anilines is 1. The van der Waals surface area contributed by atoms with Gasteiger partial charge in [0.05, 0.1) is 29.5 Å². The first-order valence-electron chi connectivity index (χ1n) is 12.7. The van der Waals surface area contributed by atoms with Crippen molar-refractivity contribution in [3.05, 3.63) is 81.5 Å². The van der Waals surface area contributed by atoms with Gasteiger partial charge in [-0.2, -0.15) is 16.4 Å². The van der Waals surface area contributed by atoms with Crippen LogP contribution in [0.3, 0.4) is 0 Å². The molecule has 4 aromatic rings. The highest BCUT2D eigenvalue weighted by atomic mass is 35.5. The summed E-state index contributed by atoms with van der Waals surface area (Å²) in [4.78, 5) is 28.4. The molecule has 2 atom stereocenters. The van der Waals surface area contributed by atoms with Crippen molar-refractivity contribution in [3.63, 3.8) is 0 Å². The van der Waals surface area contributed by atoms with Crippen LogP contribution < -0.4 is 15.0 Å². The molecule has 202 valence electrons. The number of thiophene rings is 1. The van der Waals surface area contributed by atoms with Crippen LogP contribution >= 0.6 is 34.7 Å². The zero-order chi connectivity index (χ0) is 27.5. The second-order valence-electron chi connectivity index (χ2n) is 9.31. The van der Waals surface area contributed by atoms with Crippen molar-refractivity contribution < 1.29 is 14.3 Å². The Morgan fingerprint density at radius 2 is 1.92 bits per heavy atom. The molecule has 0 saturated carbocycles. The van der Waals surface area contributed by atoms with Crippen LogP contribution in [0.5, 0.6) is 5.75 Å². The molecular weight excluding hydrogens is 552 g/mol. The molecule has 10 heteroatoms. The fourth-order valence-corrected chi connectivity index (χ4v) is 6.58. The first-order chi connectivity index (χ1) is 18.9. The summed E-state index contributed by atoms with van der Waals surface area (Å²) in [6.45, 7) is 3.87. The number of thioether (sulfide) groups is 1. The van der Waals surface area contributed by atoms with Gasteiger partial charge in [-0.25, -0.2) is 4.68 Å². The number of ether oxygens (including phenoxy) is 1. The lowest BCUT2D eigenvalue weighted by atomic mass is 10.0. The van der Waals surface area contributed by atoms with Gasteiger partial charge in [0.25, 0.3) is 0 Å². The van der Waals surface area contributed by atoms with Crippen molar-refractivity contribution in [3.8, 4) is 22.7 Å². The minimum Gasteiger partial charge on any atom is -0.497 e. The molecule has 39 heavy (non-hydrogen) atoms. The zero-order valence-electron chi connectivity index (χ0n) is 21.9. The SMILES string of the molecule is CCC(C)NC(=O)CN1C(=O)CSC(c2ccsc2)c2c(-c3ccc(Cl)cc3)nn(-c3ccc(OC)cc3)c21. The fraction of sp³-hybridized carbons (Fsp3) is 0.276. The average Bonchev–Trinajstić information content (AvgIpc) is 3.59. The van der Waals surface area contributed by atoms with Crippen molar-refractivity contribution in [1.29, 1.82) is 0 Å². The lowest BCUT2D eigenvalue weighted by Gasteiger charge is -2.24. The van der Waals surface area contributed by atoms with E-state index in [0.29, 0.717) is 16.6 Å². The van der Waals surface area contributed by atoms with Crippen molar-refractivity contribution in [2.24, 2.45) is 0 Å². The number of benzene rings is 2. The molecule has 2 aromatic heterocycles. The number of nitrogens with one attached hydrogen (secondary N) is 1. The van der Waals surface area contributed by atoms with Crippen LogP contribution in [0.2, 0.25) is 5.02 Å². The topological polar surface area (TPSA) is 76.5 Å². The van der Waals surface area contributed by atoms with Crippen molar-refractivity contribution in [1.82, 2.24) is 15.1 Å². The molecule has 0 fully saturated rings. The molecule has 0 bridgehead atoms. The summed E-state index contributed by atoms with van der Waals surface area (Å²) in [5, 5.41) is 12.7. The molecule has 0 aliphatic carbocycles. The third-order valence-corrected chi connectivity index (χ3v) is 8.90. The van der Waals surface area contributed by atoms with Gasteiger partial charge in [0.2, 0.25) is 11.8 Å². The zero-order valence-corrected chi connectivity index (χ0v) is 24.3. The quantitative estimate of drug-likeness (QED) is 0.263. The van der Waals surface area contributed by atoms with Crippen molar-refractivity contribution in [2.45, 2.75) is 31.6 Å². The minimum atomic E-state index is -0.210. The molecule has 7 nitrogen and oxygen atoms in total. The van der Waals surface area contributed by atoms with Gasteiger partial charge in [-0.15, -0.1) is 11.8 Å². The largest absolute Gasteiger partial charge is 0.497 e. The maximum atomic E-state index is 13.7. The molecular formula is C29H29ClN4O3S2. The summed E-state index contributed by atoms with van der Waals surface area (Å²) in [6.07, 6.45) is 0.797. The highest BCUT2D eigenvalue weighted by molar-refractivity contribution is 8.00. The second kappa shape index (κ2) is 11.9. The van der Waals surface area contributed by atoms with E-state index in [1.807, 2.05) is 67.8 Å². The number of amides is 2. The van der Waals surface area contributed by atoms with Gasteiger partial charge >= 0.3 is 0 Å². The van der Waals surface area contributed by atoms with Crippen LogP contribution in [0, 0.1) is 0 Å². The number of aromatic nitrogens is 2. The monoisotopic (exact) mass is 580 g/mol. The van der Waals surface area contributed by atoms with Gasteiger partial charge in [-0.3, -0.25) is 14.5 Å². The molecule has 2 unspecified atom stereocenters. The Morgan fingerprint density at radius 3 is 2.56 bits per heavy atom. The van der Waals surface area contributed by atoms with E-state index >= 15 is 0 Å². The van der Waals surface area contributed by atoms with Crippen LogP contribution in [-0.2, 0) is 9.59 Å². The van der Waals surface area contributed by atoms with E-state index in [0.717, 1.165) is 34.5 Å². The number of halogens is 1. The van der Waals surface area contributed by atoms with Crippen molar-refractivity contribution >= 4 is 52.3 Å². The molecule has 1 aliphatic rings. The molecule has 1 aliphatic heterocycles.